The van der Waals surface area contributed by atoms with Crippen LogP contribution in [0, 0.1) is 11.8 Å². The highest BCUT2D eigenvalue weighted by atomic mass is 35.5. The van der Waals surface area contributed by atoms with Crippen molar-refractivity contribution in [3.8, 4) is 5.75 Å². The van der Waals surface area contributed by atoms with Crippen molar-refractivity contribution in [3.63, 3.8) is 0 Å². The number of nitrogens with zero attached hydrogens (tertiary/aromatic N) is 1. The Morgan fingerprint density at radius 3 is 2.59 bits per heavy atom. The number of methoxy groups -OCH3 is 1. The first-order valence-corrected chi connectivity index (χ1v) is 13.8. The van der Waals surface area contributed by atoms with Gasteiger partial charge in [0.2, 0.25) is 0 Å². The van der Waals surface area contributed by atoms with Crippen LogP contribution < -0.4 is 4.74 Å². The normalized spacial score (nSPS) is 20.0. The number of unbranched alkanes of at least 4 members (excludes halogenated alkanes) is 3. The summed E-state index contributed by atoms with van der Waals surface area (Å²) in [7, 11) is 0.571. The van der Waals surface area contributed by atoms with Crippen LogP contribution in [0.2, 0.25) is 0 Å². The molecule has 0 amide bonds. The zero-order valence-corrected chi connectivity index (χ0v) is 21.7. The van der Waals surface area contributed by atoms with E-state index in [4.69, 9.17) is 21.2 Å². The lowest BCUT2D eigenvalue weighted by Crippen LogP contribution is -2.38. The van der Waals surface area contributed by atoms with Gasteiger partial charge in [-0.1, -0.05) is 55.4 Å². The third-order valence-electron chi connectivity index (χ3n) is 5.90. The van der Waals surface area contributed by atoms with Crippen molar-refractivity contribution in [1.82, 2.24) is 0 Å². The van der Waals surface area contributed by atoms with Crippen LogP contribution in [0.3, 0.4) is 0 Å². The van der Waals surface area contributed by atoms with Gasteiger partial charge in [0.25, 0.3) is 0 Å². The average Bonchev–Trinajstić information content (AvgIpc) is 2.83. The molecule has 0 spiro atoms. The molecule has 34 heavy (non-hydrogen) atoms. The minimum absolute atomic E-state index is 0.0429. The zero-order valence-electron chi connectivity index (χ0n) is 20.2. The second kappa shape index (κ2) is 15.8. The molecule has 2 rings (SSSR count). The first-order chi connectivity index (χ1) is 16.5. The van der Waals surface area contributed by atoms with Crippen LogP contribution in [-0.4, -0.2) is 41.0 Å². The molecule has 0 radical (unpaired) electrons. The van der Waals surface area contributed by atoms with Crippen LogP contribution >= 0.6 is 11.6 Å². The van der Waals surface area contributed by atoms with Gasteiger partial charge in [-0.05, 0) is 49.5 Å². The molecule has 1 aliphatic rings. The highest BCUT2D eigenvalue weighted by Crippen LogP contribution is 2.29. The van der Waals surface area contributed by atoms with Crippen molar-refractivity contribution in [3.05, 3.63) is 35.9 Å². The van der Waals surface area contributed by atoms with E-state index in [9.17, 15) is 13.8 Å². The van der Waals surface area contributed by atoms with Crippen LogP contribution in [0.1, 0.15) is 64.7 Å². The number of benzene rings is 1. The van der Waals surface area contributed by atoms with Crippen LogP contribution in [-0.2, 0) is 25.2 Å². The van der Waals surface area contributed by atoms with E-state index >= 15 is 0 Å². The van der Waals surface area contributed by atoms with Crippen molar-refractivity contribution >= 4 is 39.7 Å². The van der Waals surface area contributed by atoms with Gasteiger partial charge in [0, 0.05) is 29.0 Å². The quantitative estimate of drug-likeness (QED) is 0.128. The number of hydrogen-bond donors (Lipinski definition) is 0. The van der Waals surface area contributed by atoms with E-state index in [-0.39, 0.29) is 24.1 Å². The van der Waals surface area contributed by atoms with Gasteiger partial charge in [-0.25, -0.2) is 0 Å². The monoisotopic (exact) mass is 509 g/mol. The molecule has 6 nitrogen and oxygen atoms in total. The second-order valence-electron chi connectivity index (χ2n) is 8.56. The summed E-state index contributed by atoms with van der Waals surface area (Å²) in [5.74, 6) is 0.594. The molecular weight excluding hydrogens is 474 g/mol. The molecule has 1 aliphatic carbocycles. The highest BCUT2D eigenvalue weighted by molar-refractivity contribution is 7.85. The van der Waals surface area contributed by atoms with E-state index in [1.165, 1.54) is 5.54 Å². The predicted octanol–water partition coefficient (Wildman–Crippen LogP) is 5.84. The summed E-state index contributed by atoms with van der Waals surface area (Å²) in [6.07, 6.45) is 8.48. The predicted molar refractivity (Wildman–Crippen MR) is 137 cm³/mol. The SMILES string of the molecule is CCCC(=NOCC=CCl)C1C(=O)CC(CCCCCCS(=O)c2cccc(OC)c2)CC1=O. The molecule has 1 atom stereocenters. The maximum atomic E-state index is 12.8. The number of hydrogen-bond acceptors (Lipinski definition) is 6. The number of carbonyl (C=O) groups excluding carboxylic acids is 2. The first-order valence-electron chi connectivity index (χ1n) is 12.0. The van der Waals surface area contributed by atoms with Gasteiger partial charge < -0.3 is 9.57 Å². The van der Waals surface area contributed by atoms with Crippen molar-refractivity contribution in [2.45, 2.75) is 69.6 Å². The van der Waals surface area contributed by atoms with E-state index < -0.39 is 16.7 Å². The molecule has 1 fully saturated rings. The Morgan fingerprint density at radius 1 is 1.18 bits per heavy atom. The van der Waals surface area contributed by atoms with E-state index in [2.05, 4.69) is 5.16 Å². The Morgan fingerprint density at radius 2 is 1.91 bits per heavy atom. The number of rotatable bonds is 15. The van der Waals surface area contributed by atoms with E-state index in [0.29, 0.717) is 36.5 Å². The molecule has 1 unspecified atom stereocenters. The fourth-order valence-corrected chi connectivity index (χ4v) is 5.46. The Balaban J connectivity index is 1.72. The van der Waals surface area contributed by atoms with Gasteiger partial charge >= 0.3 is 0 Å². The summed E-state index contributed by atoms with van der Waals surface area (Å²) in [5, 5.41) is 4.08. The van der Waals surface area contributed by atoms with Gasteiger partial charge in [0.1, 0.15) is 29.8 Å². The highest BCUT2D eigenvalue weighted by Gasteiger charge is 2.38. The van der Waals surface area contributed by atoms with Gasteiger partial charge in [0.15, 0.2) is 0 Å². The molecule has 188 valence electrons. The summed E-state index contributed by atoms with van der Waals surface area (Å²) in [5.41, 5.74) is 1.87. The van der Waals surface area contributed by atoms with Crippen molar-refractivity contribution < 1.29 is 23.4 Å². The smallest absolute Gasteiger partial charge is 0.149 e. The molecule has 1 aromatic rings. The zero-order chi connectivity index (χ0) is 24.8. The minimum Gasteiger partial charge on any atom is -0.497 e. The number of oxime groups is 1. The van der Waals surface area contributed by atoms with Gasteiger partial charge in [-0.2, -0.15) is 0 Å². The Labute approximate surface area is 210 Å². The molecule has 0 N–H and O–H groups in total. The summed E-state index contributed by atoms with van der Waals surface area (Å²) in [6, 6.07) is 7.38. The molecule has 1 aromatic carbocycles. The van der Waals surface area contributed by atoms with Crippen LogP contribution in [0.4, 0.5) is 0 Å². The maximum absolute atomic E-state index is 12.8. The largest absolute Gasteiger partial charge is 0.497 e. The lowest BCUT2D eigenvalue weighted by atomic mass is 9.75. The maximum Gasteiger partial charge on any atom is 0.149 e. The standard InChI is InChI=1S/C26H36ClNO5S/c1-3-10-23(28-33-15-9-14-27)26-24(29)17-20(18-25(26)30)11-6-4-5-7-16-34(31)22-13-8-12-21(19-22)32-2/h8-9,12-14,19-20,26H,3-7,10-11,15-18H2,1-2H3. The Kier molecular flexibility index (Phi) is 13.1. The Bertz CT molecular complexity index is 868. The third-order valence-corrected chi connectivity index (χ3v) is 7.52. The lowest BCUT2D eigenvalue weighted by Gasteiger charge is -2.27. The van der Waals surface area contributed by atoms with Gasteiger partial charge in [-0.3, -0.25) is 13.8 Å². The molecule has 0 aromatic heterocycles. The van der Waals surface area contributed by atoms with E-state index in [0.717, 1.165) is 43.4 Å². The lowest BCUT2D eigenvalue weighted by molar-refractivity contribution is -0.134. The first kappa shape index (κ1) is 28.2. The summed E-state index contributed by atoms with van der Waals surface area (Å²) >= 11 is 5.47. The Hall–Kier alpha value is -1.99. The number of carbonyl (C=O) groups is 2. The van der Waals surface area contributed by atoms with Crippen LogP contribution in [0.15, 0.2) is 45.9 Å². The molecule has 0 heterocycles. The third kappa shape index (κ3) is 9.34. The topological polar surface area (TPSA) is 82.0 Å². The van der Waals surface area contributed by atoms with Crippen molar-refractivity contribution in [2.75, 3.05) is 19.5 Å². The fourth-order valence-electron chi connectivity index (χ4n) is 4.21. The number of Topliss-reactive ketones (excluding diaryl/α,β-unsaturated/α-hetero) is 2. The van der Waals surface area contributed by atoms with Gasteiger partial charge in [-0.15, -0.1) is 0 Å². The van der Waals surface area contributed by atoms with Crippen LogP contribution in [0.25, 0.3) is 0 Å². The van der Waals surface area contributed by atoms with Gasteiger partial charge in [0.05, 0.1) is 23.6 Å². The summed E-state index contributed by atoms with van der Waals surface area (Å²) in [6.45, 7) is 2.20. The molecule has 0 aliphatic heterocycles. The molecule has 8 heteroatoms. The number of ether oxygens (including phenoxy) is 1. The molecule has 1 saturated carbocycles. The minimum atomic E-state index is -1.03. The number of ketones is 2. The number of halogens is 1. The van der Waals surface area contributed by atoms with Crippen molar-refractivity contribution in [2.24, 2.45) is 17.0 Å². The van der Waals surface area contributed by atoms with E-state index in [1.807, 2.05) is 31.2 Å². The van der Waals surface area contributed by atoms with Crippen LogP contribution in [0.5, 0.6) is 5.75 Å². The molecule has 0 bridgehead atoms. The van der Waals surface area contributed by atoms with Crippen molar-refractivity contribution in [1.29, 1.82) is 0 Å². The molecular formula is C26H36ClNO5S. The fraction of sp³-hybridized carbons (Fsp3) is 0.577. The molecule has 0 saturated heterocycles. The average molecular weight is 510 g/mol. The summed E-state index contributed by atoms with van der Waals surface area (Å²) in [4.78, 5) is 31.6. The van der Waals surface area contributed by atoms with E-state index in [1.54, 1.807) is 13.2 Å². The second-order valence-corrected chi connectivity index (χ2v) is 10.4. The summed E-state index contributed by atoms with van der Waals surface area (Å²) < 4.78 is 17.6.